The van der Waals surface area contributed by atoms with Crippen LogP contribution in [0.25, 0.3) is 0 Å². The quantitative estimate of drug-likeness (QED) is 0.719. The van der Waals surface area contributed by atoms with E-state index in [1.165, 1.54) is 63.5 Å². The Kier molecular flexibility index (Phi) is 4.67. The molecule has 0 bridgehead atoms. The molecule has 4 saturated carbocycles. The van der Waals surface area contributed by atoms with Crippen molar-refractivity contribution in [2.75, 3.05) is 6.61 Å². The van der Waals surface area contributed by atoms with E-state index in [9.17, 15) is 0 Å². The van der Waals surface area contributed by atoms with Crippen molar-refractivity contribution in [2.45, 2.75) is 91.0 Å². The molecule has 0 aromatic carbocycles. The molecule has 0 aliphatic heterocycles. The maximum absolute atomic E-state index is 5.77. The fourth-order valence-electron chi connectivity index (χ4n) is 7.38. The fraction of sp³-hybridized carbons (Fsp3) is 0.955. The van der Waals surface area contributed by atoms with Crippen molar-refractivity contribution in [1.82, 2.24) is 0 Å². The van der Waals surface area contributed by atoms with E-state index in [2.05, 4.69) is 19.0 Å². The van der Waals surface area contributed by atoms with E-state index in [0.29, 0.717) is 17.4 Å². The Bertz CT molecular complexity index is 530. The normalized spacial score (nSPS) is 49.2. The Morgan fingerprint density at radius 1 is 1.12 bits per heavy atom. The van der Waals surface area contributed by atoms with Crippen LogP contribution in [0.3, 0.4) is 0 Å². The lowest BCUT2D eigenvalue weighted by molar-refractivity contribution is -0.0922. The van der Waals surface area contributed by atoms with E-state index >= 15 is 0 Å². The average molecular weight is 347 g/mol. The number of rotatable bonds is 3. The van der Waals surface area contributed by atoms with E-state index in [1.807, 2.05) is 6.92 Å². The molecule has 0 spiro atoms. The molecule has 0 amide bonds. The Hall–Kier alpha value is -0.570. The zero-order valence-corrected chi connectivity index (χ0v) is 16.6. The van der Waals surface area contributed by atoms with Crippen molar-refractivity contribution in [3.05, 3.63) is 0 Å². The van der Waals surface area contributed by atoms with E-state index < -0.39 is 0 Å². The van der Waals surface area contributed by atoms with Crippen molar-refractivity contribution in [3.8, 4) is 0 Å². The second-order valence-corrected chi connectivity index (χ2v) is 10.4. The molecule has 142 valence electrons. The van der Waals surface area contributed by atoms with Gasteiger partial charge in [0.25, 0.3) is 0 Å². The number of fused-ring (bicyclic) bond motifs is 5. The van der Waals surface area contributed by atoms with Crippen molar-refractivity contribution in [1.29, 1.82) is 0 Å². The van der Waals surface area contributed by atoms with Crippen LogP contribution in [0, 0.1) is 34.5 Å². The van der Waals surface area contributed by atoms with E-state index in [0.717, 1.165) is 30.1 Å². The van der Waals surface area contributed by atoms with Crippen LogP contribution in [-0.2, 0) is 4.84 Å². The minimum atomic E-state index is 0.0663. The van der Waals surface area contributed by atoms with Crippen molar-refractivity contribution in [2.24, 2.45) is 45.4 Å². The van der Waals surface area contributed by atoms with Gasteiger partial charge in [-0.3, -0.25) is 0 Å². The second-order valence-electron chi connectivity index (χ2n) is 10.4. The number of nitrogens with two attached hydrogens (primary N) is 1. The molecule has 0 radical (unpaired) electrons. The minimum absolute atomic E-state index is 0.0663. The summed E-state index contributed by atoms with van der Waals surface area (Å²) in [6, 6.07) is 0.0663. The summed E-state index contributed by atoms with van der Waals surface area (Å²) in [4.78, 5) is 5.49. The predicted molar refractivity (Wildman–Crippen MR) is 103 cm³/mol. The van der Waals surface area contributed by atoms with Gasteiger partial charge in [0.05, 0.1) is 5.71 Å². The Morgan fingerprint density at radius 2 is 1.96 bits per heavy atom. The topological polar surface area (TPSA) is 47.6 Å². The first-order chi connectivity index (χ1) is 11.9. The third-order valence-electron chi connectivity index (χ3n) is 8.81. The molecule has 4 fully saturated rings. The minimum Gasteiger partial charge on any atom is -0.394 e. The van der Waals surface area contributed by atoms with Crippen LogP contribution in [-0.4, -0.2) is 18.4 Å². The second kappa shape index (κ2) is 6.55. The molecule has 0 heterocycles. The highest BCUT2D eigenvalue weighted by Gasteiger charge is 2.57. The molecule has 0 saturated heterocycles. The molecule has 1 unspecified atom stereocenters. The highest BCUT2D eigenvalue weighted by atomic mass is 16.6. The first kappa shape index (κ1) is 17.8. The van der Waals surface area contributed by atoms with Gasteiger partial charge in [0.15, 0.2) is 0 Å². The van der Waals surface area contributed by atoms with Gasteiger partial charge in [-0.25, -0.2) is 0 Å². The van der Waals surface area contributed by atoms with Gasteiger partial charge in [0.1, 0.15) is 6.61 Å². The van der Waals surface area contributed by atoms with Crippen LogP contribution >= 0.6 is 0 Å². The summed E-state index contributed by atoms with van der Waals surface area (Å²) in [6.45, 7) is 7.75. The number of hydrogen-bond acceptors (Lipinski definition) is 3. The van der Waals surface area contributed by atoms with Crippen LogP contribution in [0.2, 0.25) is 0 Å². The molecular formula is C22H38N2O. The SMILES string of the molecule is C[C@@H](N)CON=C1CC[C@@]2(C)C(CC[C@H]3[C@@H]4CCC[C@@]4(C)CC[C@@H]32)C1. The average Bonchev–Trinajstić information content (AvgIpc) is 2.96. The molecule has 0 aromatic rings. The fourth-order valence-corrected chi connectivity index (χ4v) is 7.38. The van der Waals surface area contributed by atoms with E-state index in [1.54, 1.807) is 0 Å². The van der Waals surface area contributed by atoms with Gasteiger partial charge >= 0.3 is 0 Å². The zero-order chi connectivity index (χ0) is 17.7. The van der Waals surface area contributed by atoms with E-state index in [4.69, 9.17) is 10.6 Å². The summed E-state index contributed by atoms with van der Waals surface area (Å²) in [6.07, 6.45) is 14.0. The summed E-state index contributed by atoms with van der Waals surface area (Å²) in [5.74, 6) is 3.82. The molecule has 4 rings (SSSR count). The maximum Gasteiger partial charge on any atom is 0.131 e. The standard InChI is InChI=1S/C22H38N2O/c1-15(23)14-25-24-17-8-12-22(3)16(13-17)6-7-18-19-5-4-10-21(19,2)11-9-20(18)22/h15-16,18-20H,4-14,23H2,1-3H3/t15-,16?,18+,19+,20+,21+,22+/m1/s1. The van der Waals surface area contributed by atoms with Crippen LogP contribution in [0.4, 0.5) is 0 Å². The molecular weight excluding hydrogens is 308 g/mol. The van der Waals surface area contributed by atoms with Crippen LogP contribution in [0.5, 0.6) is 0 Å². The molecule has 3 heteroatoms. The van der Waals surface area contributed by atoms with Crippen LogP contribution in [0.15, 0.2) is 5.16 Å². The van der Waals surface area contributed by atoms with Crippen molar-refractivity contribution in [3.63, 3.8) is 0 Å². The molecule has 0 aromatic heterocycles. The Labute approximate surface area is 154 Å². The van der Waals surface area contributed by atoms with Gasteiger partial charge in [-0.1, -0.05) is 25.4 Å². The summed E-state index contributed by atoms with van der Waals surface area (Å²) in [7, 11) is 0. The number of nitrogens with zero attached hydrogens (tertiary/aromatic N) is 1. The van der Waals surface area contributed by atoms with Crippen LogP contribution in [0.1, 0.15) is 85.0 Å². The Balaban J connectivity index is 1.46. The largest absolute Gasteiger partial charge is 0.394 e. The summed E-state index contributed by atoms with van der Waals surface area (Å²) in [5, 5.41) is 4.45. The lowest BCUT2D eigenvalue weighted by Crippen LogP contribution is -2.52. The molecule has 3 nitrogen and oxygen atoms in total. The molecule has 2 N–H and O–H groups in total. The molecule has 4 aliphatic rings. The van der Waals surface area contributed by atoms with Gasteiger partial charge < -0.3 is 10.6 Å². The first-order valence-corrected chi connectivity index (χ1v) is 10.9. The summed E-state index contributed by atoms with van der Waals surface area (Å²) in [5.41, 5.74) is 8.29. The summed E-state index contributed by atoms with van der Waals surface area (Å²) < 4.78 is 0. The molecule has 25 heavy (non-hydrogen) atoms. The third kappa shape index (κ3) is 3.05. The lowest BCUT2D eigenvalue weighted by Gasteiger charge is -2.60. The van der Waals surface area contributed by atoms with E-state index in [-0.39, 0.29) is 6.04 Å². The van der Waals surface area contributed by atoms with Crippen LogP contribution < -0.4 is 5.73 Å². The lowest BCUT2D eigenvalue weighted by atomic mass is 9.45. The predicted octanol–water partition coefficient (Wildman–Crippen LogP) is 5.14. The summed E-state index contributed by atoms with van der Waals surface area (Å²) >= 11 is 0. The van der Waals surface area contributed by atoms with Crippen molar-refractivity contribution < 1.29 is 4.84 Å². The highest BCUT2D eigenvalue weighted by Crippen LogP contribution is 2.65. The molecule has 4 aliphatic carbocycles. The zero-order valence-electron chi connectivity index (χ0n) is 16.6. The molecule has 7 atom stereocenters. The van der Waals surface area contributed by atoms with Crippen molar-refractivity contribution >= 4 is 5.71 Å². The van der Waals surface area contributed by atoms with Gasteiger partial charge in [0, 0.05) is 6.04 Å². The third-order valence-corrected chi connectivity index (χ3v) is 8.81. The highest BCUT2D eigenvalue weighted by molar-refractivity contribution is 5.85. The van der Waals surface area contributed by atoms with Gasteiger partial charge in [-0.05, 0) is 99.2 Å². The first-order valence-electron chi connectivity index (χ1n) is 10.9. The van der Waals surface area contributed by atoms with Gasteiger partial charge in [-0.2, -0.15) is 0 Å². The number of oxime groups is 1. The smallest absolute Gasteiger partial charge is 0.131 e. The van der Waals surface area contributed by atoms with Gasteiger partial charge in [0.2, 0.25) is 0 Å². The maximum atomic E-state index is 5.77. The van der Waals surface area contributed by atoms with Gasteiger partial charge in [-0.15, -0.1) is 0 Å². The number of hydrogen-bond donors (Lipinski definition) is 1. The Morgan fingerprint density at radius 3 is 2.76 bits per heavy atom. The monoisotopic (exact) mass is 346 g/mol.